The molecule has 1 aromatic carbocycles. The Labute approximate surface area is 134 Å². The third kappa shape index (κ3) is 4.00. The van der Waals surface area contributed by atoms with Gasteiger partial charge in [-0.05, 0) is 18.2 Å². The molecule has 3 nitrogen and oxygen atoms in total. The van der Waals surface area contributed by atoms with Crippen LogP contribution in [0, 0.1) is 0 Å². The first-order valence-corrected chi connectivity index (χ1v) is 5.92. The van der Waals surface area contributed by atoms with Crippen molar-refractivity contribution in [3.05, 3.63) is 29.3 Å². The summed E-state index contributed by atoms with van der Waals surface area (Å²) < 4.78 is 0. The molecule has 0 saturated carbocycles. The molecule has 1 fully saturated rings. The van der Waals surface area contributed by atoms with Crippen LogP contribution in [0.2, 0.25) is 5.02 Å². The number of nitrogens with zero attached hydrogens (tertiary/aromatic N) is 2. The molecule has 1 amide bonds. The molecule has 0 radical (unpaired) electrons. The number of halogens is 1. The zero-order chi connectivity index (χ0) is 11.5. The van der Waals surface area contributed by atoms with Crippen molar-refractivity contribution in [2.24, 2.45) is 0 Å². The predicted octanol–water partition coefficient (Wildman–Crippen LogP) is -0.867. The van der Waals surface area contributed by atoms with Crippen LogP contribution in [-0.4, -0.2) is 36.3 Å². The Morgan fingerprint density at radius 3 is 2.41 bits per heavy atom. The van der Waals surface area contributed by atoms with Crippen molar-refractivity contribution in [1.82, 2.24) is 4.90 Å². The topological polar surface area (TPSA) is 23.6 Å². The Morgan fingerprint density at radius 2 is 1.88 bits per heavy atom. The second-order valence-corrected chi connectivity index (χ2v) is 4.51. The van der Waals surface area contributed by atoms with Crippen LogP contribution in [0.5, 0.6) is 0 Å². The Hall–Kier alpha value is 0. The zero-order valence-electron chi connectivity index (χ0n) is 9.73. The average molecular weight is 279 g/mol. The molecule has 6 heteroatoms. The molecule has 1 aliphatic rings. The minimum Gasteiger partial charge on any atom is -0.719 e. The molecule has 0 atom stereocenters. The third-order valence-electron chi connectivity index (χ3n) is 2.71. The summed E-state index contributed by atoms with van der Waals surface area (Å²) in [4.78, 5) is 14.9. The van der Waals surface area contributed by atoms with Gasteiger partial charge in [-0.25, -0.2) is 0 Å². The first-order chi connectivity index (χ1) is 7.66. The predicted molar refractivity (Wildman–Crippen MR) is 68.0 cm³/mol. The van der Waals surface area contributed by atoms with Gasteiger partial charge in [0, 0.05) is 36.9 Å². The summed E-state index contributed by atoms with van der Waals surface area (Å²) in [5.74, 6) is 0. The quantitative estimate of drug-likeness (QED) is 0.493. The number of hydrogen-bond donors (Lipinski definition) is 0. The van der Waals surface area contributed by atoms with E-state index >= 15 is 0 Å². The summed E-state index contributed by atoms with van der Waals surface area (Å²) >= 11 is 10.6. The number of piperazine rings is 1. The maximum atomic E-state index is 11.0. The molecule has 1 aliphatic heterocycles. The number of benzene rings is 1. The molecule has 2 rings (SSSR count). The summed E-state index contributed by atoms with van der Waals surface area (Å²) in [5.41, 5.74) is 1.10. The van der Waals surface area contributed by atoms with Gasteiger partial charge in [0.15, 0.2) is 0 Å². The van der Waals surface area contributed by atoms with Crippen LogP contribution >= 0.6 is 11.6 Å². The first-order valence-electron chi connectivity index (χ1n) is 5.13. The molecule has 86 valence electrons. The van der Waals surface area contributed by atoms with Crippen LogP contribution in [0.3, 0.4) is 0 Å². The van der Waals surface area contributed by atoms with Crippen molar-refractivity contribution >= 4 is 35.2 Å². The van der Waals surface area contributed by atoms with E-state index in [-0.39, 0.29) is 34.8 Å². The second kappa shape index (κ2) is 6.81. The van der Waals surface area contributed by atoms with E-state index in [1.54, 1.807) is 4.90 Å². The Kier molecular flexibility index (Phi) is 6.03. The van der Waals surface area contributed by atoms with E-state index in [1.165, 1.54) is 0 Å². The maximum absolute atomic E-state index is 11.0. The van der Waals surface area contributed by atoms with Crippen molar-refractivity contribution in [2.75, 3.05) is 31.1 Å². The fourth-order valence-corrected chi connectivity index (χ4v) is 2.19. The van der Waals surface area contributed by atoms with Crippen molar-refractivity contribution in [2.45, 2.75) is 0 Å². The largest absolute Gasteiger partial charge is 1.00 e. The van der Waals surface area contributed by atoms with Gasteiger partial charge in [0.05, 0.1) is 0 Å². The molecule has 1 heterocycles. The van der Waals surface area contributed by atoms with Gasteiger partial charge in [-0.15, -0.1) is 0 Å². The van der Waals surface area contributed by atoms with E-state index < -0.39 is 0 Å². The zero-order valence-corrected chi connectivity index (χ0v) is 13.3. The summed E-state index contributed by atoms with van der Waals surface area (Å²) in [6.07, 6.45) is 0. The van der Waals surface area contributed by atoms with Gasteiger partial charge in [-0.2, -0.15) is 0 Å². The van der Waals surface area contributed by atoms with Gasteiger partial charge in [-0.3, -0.25) is 0 Å². The number of carbonyl (C=O) groups is 1. The molecule has 0 aliphatic carbocycles. The molecule has 0 N–H and O–H groups in total. The average Bonchev–Trinajstić information content (AvgIpc) is 2.29. The monoisotopic (exact) mass is 278 g/mol. The van der Waals surface area contributed by atoms with E-state index in [2.05, 4.69) is 17.5 Å². The van der Waals surface area contributed by atoms with Crippen molar-refractivity contribution in [3.8, 4) is 0 Å². The first kappa shape index (κ1) is 15.1. The van der Waals surface area contributed by atoms with Crippen LogP contribution in [-0.2, 0) is 12.6 Å². The number of hydrogen-bond acceptors (Lipinski definition) is 3. The minimum atomic E-state index is -0.259. The van der Waals surface area contributed by atoms with Gasteiger partial charge in [0.2, 0.25) is 0 Å². The summed E-state index contributed by atoms with van der Waals surface area (Å²) in [6.45, 7) is 3.00. The van der Waals surface area contributed by atoms with Gasteiger partial charge < -0.3 is 27.2 Å². The number of anilines is 1. The minimum absolute atomic E-state index is 0. The maximum Gasteiger partial charge on any atom is 1.00 e. The van der Waals surface area contributed by atoms with Crippen molar-refractivity contribution < 1.29 is 34.4 Å². The van der Waals surface area contributed by atoms with Crippen LogP contribution in [0.15, 0.2) is 24.3 Å². The van der Waals surface area contributed by atoms with Gasteiger partial charge >= 0.3 is 29.6 Å². The van der Waals surface area contributed by atoms with Crippen LogP contribution in [0.1, 0.15) is 0 Å². The number of carbonyl (C=O) groups excluding carboxylic acids is 1. The number of rotatable bonds is 1. The Morgan fingerprint density at radius 1 is 1.24 bits per heavy atom. The van der Waals surface area contributed by atoms with Crippen LogP contribution in [0.25, 0.3) is 0 Å². The molecule has 0 aromatic heterocycles. The number of amides is 1. The Balaban J connectivity index is 0.00000144. The summed E-state index contributed by atoms with van der Waals surface area (Å²) in [5, 5.41) is 0.477. The van der Waals surface area contributed by atoms with E-state index in [4.69, 9.17) is 11.6 Å². The normalized spacial score (nSPS) is 15.4. The molecule has 0 unspecified atom stereocenters. The molecular formula is C11H12ClN2NaOS. The SMILES string of the molecule is O=C([S-])N1CCN(c2cccc(Cl)c2)CC1.[Na+]. The fraction of sp³-hybridized carbons (Fsp3) is 0.364. The van der Waals surface area contributed by atoms with Gasteiger partial charge in [0.1, 0.15) is 5.24 Å². The van der Waals surface area contributed by atoms with Crippen LogP contribution < -0.4 is 34.5 Å². The third-order valence-corrected chi connectivity index (χ3v) is 3.20. The Bertz CT molecular complexity index is 397. The van der Waals surface area contributed by atoms with E-state index in [0.717, 1.165) is 23.8 Å². The second-order valence-electron chi connectivity index (χ2n) is 3.72. The molecule has 0 spiro atoms. The molecule has 1 saturated heterocycles. The van der Waals surface area contributed by atoms with Crippen molar-refractivity contribution in [1.29, 1.82) is 0 Å². The molecular weight excluding hydrogens is 267 g/mol. The van der Waals surface area contributed by atoms with E-state index in [0.29, 0.717) is 13.1 Å². The van der Waals surface area contributed by atoms with E-state index in [9.17, 15) is 4.79 Å². The van der Waals surface area contributed by atoms with Crippen molar-refractivity contribution in [3.63, 3.8) is 0 Å². The standard InChI is InChI=1S/C11H13ClN2OS.Na/c12-9-2-1-3-10(8-9)13-4-6-14(7-5-13)11(15)16;/h1-3,8H,4-7H2,(H,15,16);/q;+1/p-1. The fourth-order valence-electron chi connectivity index (χ4n) is 1.82. The van der Waals surface area contributed by atoms with Crippen LogP contribution in [0.4, 0.5) is 10.5 Å². The smallest absolute Gasteiger partial charge is 0.719 e. The van der Waals surface area contributed by atoms with Gasteiger partial charge in [-0.1, -0.05) is 17.7 Å². The molecule has 0 bridgehead atoms. The summed E-state index contributed by atoms with van der Waals surface area (Å²) in [6, 6.07) is 7.75. The summed E-state index contributed by atoms with van der Waals surface area (Å²) in [7, 11) is 0. The molecule has 1 aromatic rings. The molecule has 17 heavy (non-hydrogen) atoms. The van der Waals surface area contributed by atoms with Gasteiger partial charge in [0.25, 0.3) is 0 Å². The van der Waals surface area contributed by atoms with E-state index in [1.807, 2.05) is 24.3 Å².